The number of benzene rings is 1. The highest BCUT2D eigenvalue weighted by Gasteiger charge is 2.11. The number of para-hydroxylation sites is 1. The number of nitrogens with two attached hydrogens (primary N) is 1. The van der Waals surface area contributed by atoms with Crippen LogP contribution in [0.1, 0.15) is 10.5 Å². The second kappa shape index (κ2) is 5.58. The van der Waals surface area contributed by atoms with Crippen LogP contribution in [0.2, 0.25) is 0 Å². The van der Waals surface area contributed by atoms with Crippen molar-refractivity contribution >= 4 is 55.0 Å². The largest absolute Gasteiger partial charge is 0.477 e. The summed E-state index contributed by atoms with van der Waals surface area (Å²) in [6.45, 7) is 0. The molecule has 1 aromatic heterocycles. The van der Waals surface area contributed by atoms with Gasteiger partial charge in [-0.3, -0.25) is 0 Å². The quantitative estimate of drug-likeness (QED) is 0.749. The maximum atomic E-state index is 10.9. The van der Waals surface area contributed by atoms with Gasteiger partial charge in [-0.1, -0.05) is 6.07 Å². The molecule has 1 aromatic carbocycles. The minimum Gasteiger partial charge on any atom is -0.477 e. The van der Waals surface area contributed by atoms with Gasteiger partial charge in [-0.2, -0.15) is 0 Å². The molecule has 0 spiro atoms. The second-order valence-corrected chi connectivity index (χ2v) is 5.37. The van der Waals surface area contributed by atoms with E-state index in [2.05, 4.69) is 42.2 Å². The molecule has 0 aliphatic rings. The first kappa shape index (κ1) is 13.8. The standard InChI is InChI=1S/C12H9Br2N3O2/c13-6-2-1-3-7(14)10(6)17-11-8(15)4-5-9(16-11)12(18)19/h1-5H,15H2,(H,16,17)(H,18,19). The normalized spacial score (nSPS) is 10.2. The summed E-state index contributed by atoms with van der Waals surface area (Å²) >= 11 is 6.80. The Morgan fingerprint density at radius 3 is 2.42 bits per heavy atom. The van der Waals surface area contributed by atoms with Crippen molar-refractivity contribution in [1.82, 2.24) is 4.98 Å². The van der Waals surface area contributed by atoms with Crippen LogP contribution in [0, 0.1) is 0 Å². The number of aromatic nitrogens is 1. The average Bonchev–Trinajstić information content (AvgIpc) is 2.35. The van der Waals surface area contributed by atoms with E-state index in [0.29, 0.717) is 11.5 Å². The number of carbonyl (C=O) groups is 1. The number of halogens is 2. The molecule has 98 valence electrons. The van der Waals surface area contributed by atoms with Crippen LogP contribution in [0.4, 0.5) is 17.2 Å². The van der Waals surface area contributed by atoms with Gasteiger partial charge in [0.15, 0.2) is 11.5 Å². The first-order chi connectivity index (χ1) is 8.99. The van der Waals surface area contributed by atoms with Crippen LogP contribution < -0.4 is 11.1 Å². The zero-order chi connectivity index (χ0) is 14.0. The maximum absolute atomic E-state index is 10.9. The van der Waals surface area contributed by atoms with Crippen LogP contribution in [0.25, 0.3) is 0 Å². The highest BCUT2D eigenvalue weighted by molar-refractivity contribution is 9.11. The predicted molar refractivity (Wildman–Crippen MR) is 80.7 cm³/mol. The number of nitrogens with zero attached hydrogens (tertiary/aromatic N) is 1. The van der Waals surface area contributed by atoms with Crippen LogP contribution in [-0.2, 0) is 0 Å². The molecule has 0 radical (unpaired) electrons. The molecule has 2 rings (SSSR count). The van der Waals surface area contributed by atoms with Crippen molar-refractivity contribution in [2.75, 3.05) is 11.1 Å². The number of aromatic carboxylic acids is 1. The molecule has 1 heterocycles. The fraction of sp³-hybridized carbons (Fsp3) is 0. The second-order valence-electron chi connectivity index (χ2n) is 3.66. The summed E-state index contributed by atoms with van der Waals surface area (Å²) in [4.78, 5) is 14.9. The molecular formula is C12H9Br2N3O2. The summed E-state index contributed by atoms with van der Waals surface area (Å²) in [7, 11) is 0. The van der Waals surface area contributed by atoms with Crippen LogP contribution in [0.15, 0.2) is 39.3 Å². The maximum Gasteiger partial charge on any atom is 0.354 e. The third-order valence-electron chi connectivity index (χ3n) is 2.35. The number of nitrogen functional groups attached to an aromatic ring is 1. The third-order valence-corrected chi connectivity index (χ3v) is 3.67. The molecular weight excluding hydrogens is 378 g/mol. The molecule has 0 fully saturated rings. The molecule has 0 aliphatic heterocycles. The van der Waals surface area contributed by atoms with Crippen LogP contribution in [0.5, 0.6) is 0 Å². The van der Waals surface area contributed by atoms with Gasteiger partial charge in [0.1, 0.15) is 0 Å². The Hall–Kier alpha value is -1.60. The number of nitrogens with one attached hydrogen (secondary N) is 1. The Kier molecular flexibility index (Phi) is 4.06. The van der Waals surface area contributed by atoms with E-state index in [1.807, 2.05) is 18.2 Å². The van der Waals surface area contributed by atoms with E-state index in [9.17, 15) is 4.79 Å². The molecule has 4 N–H and O–H groups in total. The van der Waals surface area contributed by atoms with E-state index in [4.69, 9.17) is 10.8 Å². The van der Waals surface area contributed by atoms with Crippen molar-refractivity contribution in [3.63, 3.8) is 0 Å². The number of carboxylic acid groups (broad SMARTS) is 1. The van der Waals surface area contributed by atoms with Gasteiger partial charge >= 0.3 is 5.97 Å². The molecule has 19 heavy (non-hydrogen) atoms. The molecule has 5 nitrogen and oxygen atoms in total. The molecule has 2 aromatic rings. The topological polar surface area (TPSA) is 88.2 Å². The number of anilines is 3. The highest BCUT2D eigenvalue weighted by Crippen LogP contribution is 2.34. The summed E-state index contributed by atoms with van der Waals surface area (Å²) in [6.07, 6.45) is 0. The Labute approximate surface area is 126 Å². The molecule has 0 amide bonds. The van der Waals surface area contributed by atoms with Crippen molar-refractivity contribution in [2.45, 2.75) is 0 Å². The number of hydrogen-bond acceptors (Lipinski definition) is 4. The number of hydrogen-bond donors (Lipinski definition) is 3. The Morgan fingerprint density at radius 2 is 1.84 bits per heavy atom. The molecule has 0 bridgehead atoms. The van der Waals surface area contributed by atoms with Crippen molar-refractivity contribution < 1.29 is 9.90 Å². The lowest BCUT2D eigenvalue weighted by molar-refractivity contribution is 0.0690. The lowest BCUT2D eigenvalue weighted by Crippen LogP contribution is -2.06. The fourth-order valence-electron chi connectivity index (χ4n) is 1.42. The monoisotopic (exact) mass is 385 g/mol. The highest BCUT2D eigenvalue weighted by atomic mass is 79.9. The van der Waals surface area contributed by atoms with Gasteiger partial charge in [0.05, 0.1) is 11.4 Å². The summed E-state index contributed by atoms with van der Waals surface area (Å²) in [5.74, 6) is -0.804. The molecule has 0 aliphatic carbocycles. The van der Waals surface area contributed by atoms with Crippen molar-refractivity contribution in [1.29, 1.82) is 0 Å². The van der Waals surface area contributed by atoms with E-state index in [-0.39, 0.29) is 5.69 Å². The van der Waals surface area contributed by atoms with Gasteiger partial charge in [-0.15, -0.1) is 0 Å². The lowest BCUT2D eigenvalue weighted by Gasteiger charge is -2.12. The van der Waals surface area contributed by atoms with Crippen molar-refractivity contribution in [3.05, 3.63) is 45.0 Å². The summed E-state index contributed by atoms with van der Waals surface area (Å²) in [5, 5.41) is 11.9. The Balaban J connectivity index is 2.43. The third kappa shape index (κ3) is 3.05. The summed E-state index contributed by atoms with van der Waals surface area (Å²) < 4.78 is 1.62. The average molecular weight is 387 g/mol. The first-order valence-electron chi connectivity index (χ1n) is 5.20. The van der Waals surface area contributed by atoms with Crippen molar-refractivity contribution in [2.24, 2.45) is 0 Å². The van der Waals surface area contributed by atoms with Crippen LogP contribution in [-0.4, -0.2) is 16.1 Å². The lowest BCUT2D eigenvalue weighted by atomic mass is 10.3. The van der Waals surface area contributed by atoms with Crippen LogP contribution >= 0.6 is 31.9 Å². The van der Waals surface area contributed by atoms with Crippen LogP contribution in [0.3, 0.4) is 0 Å². The zero-order valence-electron chi connectivity index (χ0n) is 9.52. The van der Waals surface area contributed by atoms with E-state index in [0.717, 1.165) is 14.6 Å². The summed E-state index contributed by atoms with van der Waals surface area (Å²) in [6, 6.07) is 8.43. The molecule has 0 saturated carbocycles. The minimum atomic E-state index is -1.10. The van der Waals surface area contributed by atoms with Gasteiger partial charge in [0.25, 0.3) is 0 Å². The number of pyridine rings is 1. The predicted octanol–water partition coefficient (Wildman–Crippen LogP) is 3.63. The molecule has 0 saturated heterocycles. The first-order valence-corrected chi connectivity index (χ1v) is 6.78. The SMILES string of the molecule is Nc1ccc(C(=O)O)nc1Nc1c(Br)cccc1Br. The van der Waals surface area contributed by atoms with E-state index in [1.165, 1.54) is 12.1 Å². The van der Waals surface area contributed by atoms with E-state index in [1.54, 1.807) is 0 Å². The van der Waals surface area contributed by atoms with Gasteiger partial charge in [-0.05, 0) is 56.1 Å². The fourth-order valence-corrected chi connectivity index (χ4v) is 2.62. The number of carboxylic acids is 1. The Morgan fingerprint density at radius 1 is 1.21 bits per heavy atom. The Bertz CT molecular complexity index is 627. The minimum absolute atomic E-state index is 0.0696. The number of rotatable bonds is 3. The van der Waals surface area contributed by atoms with E-state index >= 15 is 0 Å². The van der Waals surface area contributed by atoms with Gasteiger partial charge in [0.2, 0.25) is 0 Å². The molecule has 7 heteroatoms. The van der Waals surface area contributed by atoms with Crippen molar-refractivity contribution in [3.8, 4) is 0 Å². The molecule has 0 atom stereocenters. The summed E-state index contributed by atoms with van der Waals surface area (Å²) in [5.41, 5.74) is 6.81. The smallest absolute Gasteiger partial charge is 0.354 e. The molecule has 0 unspecified atom stereocenters. The zero-order valence-corrected chi connectivity index (χ0v) is 12.7. The van der Waals surface area contributed by atoms with E-state index < -0.39 is 5.97 Å². The van der Waals surface area contributed by atoms with Gasteiger partial charge in [-0.25, -0.2) is 9.78 Å². The van der Waals surface area contributed by atoms with Gasteiger partial charge < -0.3 is 16.2 Å². The van der Waals surface area contributed by atoms with Gasteiger partial charge in [0, 0.05) is 8.95 Å².